The van der Waals surface area contributed by atoms with E-state index in [1.807, 2.05) is 62.1 Å². The van der Waals surface area contributed by atoms with Gasteiger partial charge < -0.3 is 9.64 Å². The van der Waals surface area contributed by atoms with Crippen LogP contribution in [0.25, 0.3) is 5.57 Å². The molecule has 0 bridgehead atoms. The summed E-state index contributed by atoms with van der Waals surface area (Å²) in [4.78, 5) is 34.2. The number of hydrogen-bond donors (Lipinski definition) is 0. The Hall–Kier alpha value is -3.15. The number of amides is 2. The van der Waals surface area contributed by atoms with E-state index in [4.69, 9.17) is 4.74 Å². The summed E-state index contributed by atoms with van der Waals surface area (Å²) < 4.78 is 5.51. The fourth-order valence-corrected chi connectivity index (χ4v) is 3.72. The lowest BCUT2D eigenvalue weighted by atomic mass is 10.0. The molecule has 6 heteroatoms. The van der Waals surface area contributed by atoms with E-state index in [0.717, 1.165) is 12.0 Å². The quantitative estimate of drug-likeness (QED) is 0.596. The minimum absolute atomic E-state index is 0.183. The first-order chi connectivity index (χ1) is 14.5. The van der Waals surface area contributed by atoms with Crippen LogP contribution in [0.15, 0.2) is 54.5 Å². The summed E-state index contributed by atoms with van der Waals surface area (Å²) in [5, 5.41) is 0. The molecule has 158 valence electrons. The molecule has 6 nitrogen and oxygen atoms in total. The molecule has 1 aromatic carbocycles. The molecule has 0 spiro atoms. The molecule has 2 heterocycles. The largest absolute Gasteiger partial charge is 0.496 e. The van der Waals surface area contributed by atoms with E-state index in [1.54, 1.807) is 19.5 Å². The van der Waals surface area contributed by atoms with E-state index in [0.29, 0.717) is 42.2 Å². The van der Waals surface area contributed by atoms with Crippen LogP contribution in [0.2, 0.25) is 0 Å². The van der Waals surface area contributed by atoms with Gasteiger partial charge in [0.2, 0.25) is 0 Å². The predicted octanol–water partition coefficient (Wildman–Crippen LogP) is 3.39. The molecule has 30 heavy (non-hydrogen) atoms. The summed E-state index contributed by atoms with van der Waals surface area (Å²) >= 11 is 0. The van der Waals surface area contributed by atoms with Gasteiger partial charge in [0, 0.05) is 37.6 Å². The van der Waals surface area contributed by atoms with Crippen molar-refractivity contribution in [3.05, 3.63) is 65.6 Å². The van der Waals surface area contributed by atoms with E-state index < -0.39 is 0 Å². The molecule has 0 atom stereocenters. The first kappa shape index (κ1) is 21.6. The van der Waals surface area contributed by atoms with Gasteiger partial charge in [-0.1, -0.05) is 32.0 Å². The standard InChI is InChI=1S/C24H29N3O3/c1-5-26(15-12-18-10-13-25-14-11-18)22-21(19-8-6-7-9-20(19)30-4)23(28)27(24(22)29)16-17(2)3/h6-11,13-14,17H,5,12,15-16H2,1-4H3. The van der Waals surface area contributed by atoms with Crippen LogP contribution in [0.4, 0.5) is 0 Å². The Balaban J connectivity index is 2.04. The number of imide groups is 1. The molecule has 1 aliphatic rings. The van der Waals surface area contributed by atoms with E-state index in [-0.39, 0.29) is 17.7 Å². The highest BCUT2D eigenvalue weighted by Gasteiger charge is 2.42. The van der Waals surface area contributed by atoms with Crippen LogP contribution in [0.3, 0.4) is 0 Å². The minimum atomic E-state index is -0.254. The fourth-order valence-electron chi connectivity index (χ4n) is 3.72. The third-order valence-electron chi connectivity index (χ3n) is 5.19. The van der Waals surface area contributed by atoms with E-state index in [9.17, 15) is 9.59 Å². The van der Waals surface area contributed by atoms with Gasteiger partial charge >= 0.3 is 0 Å². The molecule has 2 amide bonds. The minimum Gasteiger partial charge on any atom is -0.496 e. The zero-order valence-corrected chi connectivity index (χ0v) is 18.1. The lowest BCUT2D eigenvalue weighted by Gasteiger charge is -2.25. The van der Waals surface area contributed by atoms with Crippen molar-refractivity contribution in [2.24, 2.45) is 5.92 Å². The molecule has 0 N–H and O–H groups in total. The molecular formula is C24H29N3O3. The number of para-hydroxylation sites is 1. The molecule has 1 aromatic heterocycles. The van der Waals surface area contributed by atoms with Crippen molar-refractivity contribution in [3.8, 4) is 5.75 Å². The topological polar surface area (TPSA) is 62.7 Å². The van der Waals surface area contributed by atoms with Crippen molar-refractivity contribution >= 4 is 17.4 Å². The van der Waals surface area contributed by atoms with Crippen molar-refractivity contribution in [3.63, 3.8) is 0 Å². The molecular weight excluding hydrogens is 378 g/mol. The van der Waals surface area contributed by atoms with Gasteiger partial charge in [0.05, 0.1) is 12.7 Å². The number of methoxy groups -OCH3 is 1. The highest BCUT2D eigenvalue weighted by molar-refractivity contribution is 6.36. The smallest absolute Gasteiger partial charge is 0.277 e. The Morgan fingerprint density at radius 2 is 1.77 bits per heavy atom. The van der Waals surface area contributed by atoms with Crippen LogP contribution in [0, 0.1) is 5.92 Å². The van der Waals surface area contributed by atoms with Crippen LogP contribution in [-0.4, -0.2) is 53.3 Å². The number of benzene rings is 1. The van der Waals surface area contributed by atoms with Crippen LogP contribution in [-0.2, 0) is 16.0 Å². The zero-order chi connectivity index (χ0) is 21.7. The van der Waals surface area contributed by atoms with Crippen molar-refractivity contribution in [2.75, 3.05) is 26.7 Å². The number of rotatable bonds is 9. The molecule has 0 fully saturated rings. The Bertz CT molecular complexity index is 938. The van der Waals surface area contributed by atoms with Gasteiger partial charge in [-0.15, -0.1) is 0 Å². The summed E-state index contributed by atoms with van der Waals surface area (Å²) in [6.45, 7) is 7.64. The monoisotopic (exact) mass is 407 g/mol. The number of ether oxygens (including phenoxy) is 1. The fraction of sp³-hybridized carbons (Fsp3) is 0.375. The molecule has 1 aliphatic heterocycles. The van der Waals surface area contributed by atoms with Gasteiger partial charge in [0.15, 0.2) is 0 Å². The lowest BCUT2D eigenvalue weighted by Crippen LogP contribution is -2.38. The maximum Gasteiger partial charge on any atom is 0.277 e. The molecule has 0 unspecified atom stereocenters. The summed E-state index contributed by atoms with van der Waals surface area (Å²) in [7, 11) is 1.58. The van der Waals surface area contributed by atoms with Crippen LogP contribution >= 0.6 is 0 Å². The average molecular weight is 408 g/mol. The number of carbonyl (C=O) groups excluding carboxylic acids is 2. The Morgan fingerprint density at radius 1 is 1.07 bits per heavy atom. The van der Waals surface area contributed by atoms with Gasteiger partial charge in [-0.2, -0.15) is 0 Å². The summed E-state index contributed by atoms with van der Waals surface area (Å²) in [5.74, 6) is 0.285. The molecule has 0 saturated carbocycles. The van der Waals surface area contributed by atoms with E-state index in [1.165, 1.54) is 4.90 Å². The molecule has 0 radical (unpaired) electrons. The Kier molecular flexibility index (Phi) is 6.87. The van der Waals surface area contributed by atoms with E-state index in [2.05, 4.69) is 4.98 Å². The second kappa shape index (κ2) is 9.57. The van der Waals surface area contributed by atoms with Crippen LogP contribution in [0.1, 0.15) is 31.9 Å². The van der Waals surface area contributed by atoms with Gasteiger partial charge in [-0.05, 0) is 43.0 Å². The number of pyridine rings is 1. The third kappa shape index (κ3) is 4.37. The predicted molar refractivity (Wildman–Crippen MR) is 117 cm³/mol. The first-order valence-electron chi connectivity index (χ1n) is 10.4. The average Bonchev–Trinajstić information content (AvgIpc) is 2.99. The number of hydrogen-bond acceptors (Lipinski definition) is 5. The van der Waals surface area contributed by atoms with Gasteiger partial charge in [0.1, 0.15) is 11.4 Å². The molecule has 0 aliphatic carbocycles. The summed E-state index contributed by atoms with van der Waals surface area (Å²) in [6, 6.07) is 11.3. The van der Waals surface area contributed by atoms with Gasteiger partial charge in [-0.3, -0.25) is 19.5 Å². The van der Waals surface area contributed by atoms with Crippen molar-refractivity contribution in [1.82, 2.24) is 14.8 Å². The van der Waals surface area contributed by atoms with Crippen molar-refractivity contribution < 1.29 is 14.3 Å². The normalized spacial score (nSPS) is 14.1. The third-order valence-corrected chi connectivity index (χ3v) is 5.19. The van der Waals surface area contributed by atoms with Crippen molar-refractivity contribution in [2.45, 2.75) is 27.2 Å². The number of nitrogens with zero attached hydrogens (tertiary/aromatic N) is 3. The van der Waals surface area contributed by atoms with E-state index >= 15 is 0 Å². The van der Waals surface area contributed by atoms with Crippen molar-refractivity contribution in [1.29, 1.82) is 0 Å². The maximum absolute atomic E-state index is 13.4. The SMILES string of the molecule is CCN(CCc1ccncc1)C1=C(c2ccccc2OC)C(=O)N(CC(C)C)C1=O. The maximum atomic E-state index is 13.4. The molecule has 2 aromatic rings. The van der Waals surface area contributed by atoms with Crippen LogP contribution < -0.4 is 4.74 Å². The number of carbonyl (C=O) groups is 2. The van der Waals surface area contributed by atoms with Gasteiger partial charge in [0.25, 0.3) is 11.8 Å². The zero-order valence-electron chi connectivity index (χ0n) is 18.1. The highest BCUT2D eigenvalue weighted by Crippen LogP contribution is 2.36. The first-order valence-corrected chi connectivity index (χ1v) is 10.4. The summed E-state index contributed by atoms with van der Waals surface area (Å²) in [5.41, 5.74) is 2.68. The summed E-state index contributed by atoms with van der Waals surface area (Å²) in [6.07, 6.45) is 4.28. The Morgan fingerprint density at radius 3 is 2.40 bits per heavy atom. The molecule has 3 rings (SSSR count). The van der Waals surface area contributed by atoms with Crippen LogP contribution in [0.5, 0.6) is 5.75 Å². The Labute approximate surface area is 178 Å². The second-order valence-electron chi connectivity index (χ2n) is 7.72. The molecule has 0 saturated heterocycles. The number of likely N-dealkylation sites (N-methyl/N-ethyl adjacent to an activating group) is 1. The van der Waals surface area contributed by atoms with Gasteiger partial charge in [-0.25, -0.2) is 0 Å². The second-order valence-corrected chi connectivity index (χ2v) is 7.72. The number of aromatic nitrogens is 1. The lowest BCUT2D eigenvalue weighted by molar-refractivity contribution is -0.138. The highest BCUT2D eigenvalue weighted by atomic mass is 16.5.